The maximum absolute atomic E-state index is 13.1. The number of carbonyl (C=O) groups is 2. The molecular formula is C23H30N3O2S+. The molecule has 2 N–H and O–H groups in total. The standard InChI is InChI=1S/C23H29N3O2S/c1-18(2)24-22(27)17-29-21-11-7-6-10-20(21)23(28)26-14-12-25(13-15-26)16-19-8-4-3-5-9-19/h3-11,18H,12-17H2,1-2H3,(H,24,27)/p+1. The van der Waals surface area contributed by atoms with Crippen LogP contribution in [0.1, 0.15) is 29.8 Å². The number of hydrogen-bond acceptors (Lipinski definition) is 3. The molecule has 0 atom stereocenters. The molecule has 3 rings (SSSR count). The summed E-state index contributed by atoms with van der Waals surface area (Å²) in [7, 11) is 0. The monoisotopic (exact) mass is 412 g/mol. The average Bonchev–Trinajstić information content (AvgIpc) is 2.73. The number of piperazine rings is 1. The second-order valence-corrected chi connectivity index (χ2v) is 8.73. The highest BCUT2D eigenvalue weighted by molar-refractivity contribution is 8.00. The summed E-state index contributed by atoms with van der Waals surface area (Å²) in [6.07, 6.45) is 0. The van der Waals surface area contributed by atoms with E-state index in [0.717, 1.165) is 37.6 Å². The number of nitrogens with one attached hydrogen (secondary N) is 2. The van der Waals surface area contributed by atoms with Crippen LogP contribution in [-0.2, 0) is 11.3 Å². The van der Waals surface area contributed by atoms with Gasteiger partial charge in [0.2, 0.25) is 5.91 Å². The summed E-state index contributed by atoms with van der Waals surface area (Å²) in [6, 6.07) is 18.2. The lowest BCUT2D eigenvalue weighted by atomic mass is 10.1. The molecule has 2 aromatic carbocycles. The molecule has 1 aliphatic heterocycles. The normalized spacial score (nSPS) is 14.8. The van der Waals surface area contributed by atoms with Gasteiger partial charge in [-0.05, 0) is 26.0 Å². The van der Waals surface area contributed by atoms with Gasteiger partial charge >= 0.3 is 0 Å². The van der Waals surface area contributed by atoms with Crippen molar-refractivity contribution in [2.45, 2.75) is 31.3 Å². The highest BCUT2D eigenvalue weighted by Crippen LogP contribution is 2.24. The zero-order chi connectivity index (χ0) is 20.6. The molecule has 0 saturated carbocycles. The fourth-order valence-corrected chi connectivity index (χ4v) is 4.39. The Kier molecular flexibility index (Phi) is 7.72. The Morgan fingerprint density at radius 2 is 1.69 bits per heavy atom. The number of hydrogen-bond donors (Lipinski definition) is 2. The van der Waals surface area contributed by atoms with E-state index in [2.05, 4.69) is 29.6 Å². The van der Waals surface area contributed by atoms with Crippen molar-refractivity contribution < 1.29 is 14.5 Å². The van der Waals surface area contributed by atoms with Gasteiger partial charge in [-0.15, -0.1) is 11.8 Å². The molecule has 0 bridgehead atoms. The van der Waals surface area contributed by atoms with E-state index in [1.807, 2.05) is 49.1 Å². The molecule has 0 aromatic heterocycles. The quantitative estimate of drug-likeness (QED) is 0.683. The van der Waals surface area contributed by atoms with Gasteiger partial charge < -0.3 is 15.1 Å². The summed E-state index contributed by atoms with van der Waals surface area (Å²) in [4.78, 5) is 29.4. The minimum absolute atomic E-state index is 0.00891. The van der Waals surface area contributed by atoms with Crippen molar-refractivity contribution in [1.82, 2.24) is 10.2 Å². The van der Waals surface area contributed by atoms with Gasteiger partial charge in [0.25, 0.3) is 5.91 Å². The van der Waals surface area contributed by atoms with Crippen LogP contribution in [0, 0.1) is 0 Å². The third-order valence-corrected chi connectivity index (χ3v) is 6.05. The van der Waals surface area contributed by atoms with Crippen molar-refractivity contribution in [2.24, 2.45) is 0 Å². The number of rotatable bonds is 7. The number of carbonyl (C=O) groups excluding carboxylic acids is 2. The molecule has 5 nitrogen and oxygen atoms in total. The number of thioether (sulfide) groups is 1. The molecule has 0 aliphatic carbocycles. The minimum Gasteiger partial charge on any atom is -0.353 e. The van der Waals surface area contributed by atoms with Crippen LogP contribution in [0.4, 0.5) is 0 Å². The van der Waals surface area contributed by atoms with Gasteiger partial charge in [0, 0.05) is 16.5 Å². The van der Waals surface area contributed by atoms with Crippen molar-refractivity contribution in [3.8, 4) is 0 Å². The summed E-state index contributed by atoms with van der Waals surface area (Å²) < 4.78 is 0. The minimum atomic E-state index is -0.00891. The van der Waals surface area contributed by atoms with Crippen LogP contribution in [0.3, 0.4) is 0 Å². The first-order valence-corrected chi connectivity index (χ1v) is 11.2. The molecule has 2 aromatic rings. The van der Waals surface area contributed by atoms with Crippen LogP contribution >= 0.6 is 11.8 Å². The first-order chi connectivity index (χ1) is 14.0. The van der Waals surface area contributed by atoms with Crippen molar-refractivity contribution in [2.75, 3.05) is 31.9 Å². The second kappa shape index (κ2) is 10.5. The lowest BCUT2D eigenvalue weighted by Crippen LogP contribution is -3.13. The van der Waals surface area contributed by atoms with Crippen molar-refractivity contribution in [1.29, 1.82) is 0 Å². The largest absolute Gasteiger partial charge is 0.353 e. The van der Waals surface area contributed by atoms with Gasteiger partial charge in [-0.3, -0.25) is 9.59 Å². The molecule has 0 unspecified atom stereocenters. The van der Waals surface area contributed by atoms with E-state index in [9.17, 15) is 9.59 Å². The van der Waals surface area contributed by atoms with Crippen molar-refractivity contribution in [3.63, 3.8) is 0 Å². The first kappa shape index (κ1) is 21.4. The molecule has 0 spiro atoms. The third-order valence-electron chi connectivity index (χ3n) is 4.98. The van der Waals surface area contributed by atoms with Crippen molar-refractivity contribution >= 4 is 23.6 Å². The highest BCUT2D eigenvalue weighted by atomic mass is 32.2. The lowest BCUT2D eigenvalue weighted by Gasteiger charge is -2.32. The summed E-state index contributed by atoms with van der Waals surface area (Å²) >= 11 is 1.43. The van der Waals surface area contributed by atoms with E-state index in [1.165, 1.54) is 22.2 Å². The third kappa shape index (κ3) is 6.34. The first-order valence-electron chi connectivity index (χ1n) is 10.2. The van der Waals surface area contributed by atoms with Gasteiger partial charge in [-0.2, -0.15) is 0 Å². The summed E-state index contributed by atoms with van der Waals surface area (Å²) in [5, 5.41) is 2.89. The van der Waals surface area contributed by atoms with Crippen LogP contribution < -0.4 is 10.2 Å². The predicted molar refractivity (Wildman–Crippen MR) is 117 cm³/mol. The number of benzene rings is 2. The zero-order valence-electron chi connectivity index (χ0n) is 17.2. The molecule has 1 saturated heterocycles. The van der Waals surface area contributed by atoms with Gasteiger partial charge in [0.15, 0.2) is 0 Å². The maximum atomic E-state index is 13.1. The van der Waals surface area contributed by atoms with Gasteiger partial charge in [-0.1, -0.05) is 42.5 Å². The average molecular weight is 413 g/mol. The van der Waals surface area contributed by atoms with Crippen LogP contribution in [0.2, 0.25) is 0 Å². The summed E-state index contributed by atoms with van der Waals surface area (Å²) in [6.45, 7) is 8.31. The molecule has 154 valence electrons. The second-order valence-electron chi connectivity index (χ2n) is 7.71. The number of quaternary nitrogens is 1. The van der Waals surface area contributed by atoms with E-state index in [-0.39, 0.29) is 17.9 Å². The summed E-state index contributed by atoms with van der Waals surface area (Å²) in [5.74, 6) is 0.374. The van der Waals surface area contributed by atoms with Gasteiger partial charge in [0.05, 0.1) is 37.5 Å². The number of amides is 2. The van der Waals surface area contributed by atoms with E-state index in [0.29, 0.717) is 11.3 Å². The molecule has 6 heteroatoms. The van der Waals surface area contributed by atoms with Crippen molar-refractivity contribution in [3.05, 3.63) is 65.7 Å². The molecule has 1 fully saturated rings. The Hall–Kier alpha value is -2.31. The van der Waals surface area contributed by atoms with Gasteiger partial charge in [0.1, 0.15) is 6.54 Å². The van der Waals surface area contributed by atoms with E-state index in [4.69, 9.17) is 0 Å². The molecule has 2 amide bonds. The van der Waals surface area contributed by atoms with Crippen LogP contribution in [0.15, 0.2) is 59.5 Å². The molecule has 1 aliphatic rings. The predicted octanol–water partition coefficient (Wildman–Crippen LogP) is 1.84. The summed E-state index contributed by atoms with van der Waals surface area (Å²) in [5.41, 5.74) is 2.03. The SMILES string of the molecule is CC(C)NC(=O)CSc1ccccc1C(=O)N1CC[NH+](Cc2ccccc2)CC1. The smallest absolute Gasteiger partial charge is 0.255 e. The topological polar surface area (TPSA) is 53.9 Å². The Morgan fingerprint density at radius 1 is 1.03 bits per heavy atom. The number of nitrogens with zero attached hydrogens (tertiary/aromatic N) is 1. The van der Waals surface area contributed by atoms with E-state index < -0.39 is 0 Å². The molecule has 0 radical (unpaired) electrons. The van der Waals surface area contributed by atoms with Crippen LogP contribution in [0.25, 0.3) is 0 Å². The Morgan fingerprint density at radius 3 is 2.38 bits per heavy atom. The van der Waals surface area contributed by atoms with Gasteiger partial charge in [-0.25, -0.2) is 0 Å². The highest BCUT2D eigenvalue weighted by Gasteiger charge is 2.26. The van der Waals surface area contributed by atoms with E-state index >= 15 is 0 Å². The molecule has 29 heavy (non-hydrogen) atoms. The molecular weight excluding hydrogens is 382 g/mol. The Labute approximate surface area is 177 Å². The zero-order valence-corrected chi connectivity index (χ0v) is 18.0. The molecule has 1 heterocycles. The Bertz CT molecular complexity index is 818. The maximum Gasteiger partial charge on any atom is 0.255 e. The van der Waals surface area contributed by atoms with Crippen LogP contribution in [0.5, 0.6) is 0 Å². The fourth-order valence-electron chi connectivity index (χ4n) is 3.53. The Balaban J connectivity index is 1.56. The van der Waals surface area contributed by atoms with E-state index in [1.54, 1.807) is 0 Å². The van der Waals surface area contributed by atoms with Crippen LogP contribution in [-0.4, -0.2) is 54.7 Å². The lowest BCUT2D eigenvalue weighted by molar-refractivity contribution is -0.917. The fraction of sp³-hybridized carbons (Fsp3) is 0.391.